The summed E-state index contributed by atoms with van der Waals surface area (Å²) in [6.45, 7) is 0. The molecule has 4 nitrogen and oxygen atoms in total. The highest BCUT2D eigenvalue weighted by Gasteiger charge is 2.34. The maximum absolute atomic E-state index is 12.3. The van der Waals surface area contributed by atoms with Crippen LogP contribution in [0.15, 0.2) is 48.7 Å². The summed E-state index contributed by atoms with van der Waals surface area (Å²) in [5, 5.41) is 5.76. The molecular weight excluding hydrogens is 368 g/mol. The number of pyridine rings is 1. The van der Waals surface area contributed by atoms with Gasteiger partial charge in [0.1, 0.15) is 12.0 Å². The van der Waals surface area contributed by atoms with Crippen LogP contribution in [-0.2, 0) is 0 Å². The van der Waals surface area contributed by atoms with Gasteiger partial charge in [-0.1, -0.05) is 64.6 Å². The van der Waals surface area contributed by atoms with Crippen LogP contribution in [0.5, 0.6) is 0 Å². The van der Waals surface area contributed by atoms with Crippen LogP contribution in [0.4, 0.5) is 5.82 Å². The van der Waals surface area contributed by atoms with Gasteiger partial charge in [-0.3, -0.25) is 4.79 Å². The fraction of sp³-hybridized carbons (Fsp3) is 0.143. The number of amides is 1. The lowest BCUT2D eigenvalue weighted by Crippen LogP contribution is -2.49. The summed E-state index contributed by atoms with van der Waals surface area (Å²) in [6.07, 6.45) is 0.587. The van der Waals surface area contributed by atoms with Gasteiger partial charge in [0.25, 0.3) is 5.91 Å². The van der Waals surface area contributed by atoms with E-state index in [0.717, 1.165) is 0 Å². The van der Waals surface area contributed by atoms with Crippen LogP contribution in [0.2, 0.25) is 5.02 Å². The molecule has 0 saturated heterocycles. The normalized spacial score (nSPS) is 12.5. The van der Waals surface area contributed by atoms with Crippen LogP contribution in [0, 0.1) is 0 Å². The standard InChI is InChI=1S/C14H11Cl4N3O/c15-10-6-2-1-5-9(10)12(22)21-13(14(16,17)18)20-11-7-3-4-8-19-11/h1-8,13H,(H,19,20)(H,21,22)/t13-/m0/s1. The summed E-state index contributed by atoms with van der Waals surface area (Å²) in [4.78, 5) is 16.3. The first-order valence-corrected chi connectivity index (χ1v) is 7.69. The monoisotopic (exact) mass is 377 g/mol. The summed E-state index contributed by atoms with van der Waals surface area (Å²) in [6, 6.07) is 11.8. The molecule has 0 unspecified atom stereocenters. The number of alkyl halides is 3. The summed E-state index contributed by atoms with van der Waals surface area (Å²) in [7, 11) is 0. The van der Waals surface area contributed by atoms with Crippen molar-refractivity contribution < 1.29 is 4.79 Å². The van der Waals surface area contributed by atoms with Crippen molar-refractivity contribution in [2.24, 2.45) is 0 Å². The first-order valence-electron chi connectivity index (χ1n) is 6.17. The smallest absolute Gasteiger partial charge is 0.254 e. The summed E-state index contributed by atoms with van der Waals surface area (Å²) < 4.78 is -1.78. The van der Waals surface area contributed by atoms with E-state index in [4.69, 9.17) is 46.4 Å². The Morgan fingerprint density at radius 3 is 2.36 bits per heavy atom. The molecule has 22 heavy (non-hydrogen) atoms. The molecule has 0 radical (unpaired) electrons. The number of halogens is 4. The van der Waals surface area contributed by atoms with Gasteiger partial charge in [-0.15, -0.1) is 0 Å². The van der Waals surface area contributed by atoms with E-state index in [1.807, 2.05) is 0 Å². The molecule has 0 saturated carbocycles. The Bertz CT molecular complexity index is 646. The van der Waals surface area contributed by atoms with Crippen molar-refractivity contribution in [2.75, 3.05) is 5.32 Å². The van der Waals surface area contributed by atoms with Gasteiger partial charge < -0.3 is 10.6 Å². The second kappa shape index (κ2) is 7.38. The van der Waals surface area contributed by atoms with Gasteiger partial charge in [0.2, 0.25) is 3.79 Å². The van der Waals surface area contributed by atoms with Gasteiger partial charge in [-0.25, -0.2) is 4.98 Å². The largest absolute Gasteiger partial charge is 0.347 e. The molecule has 2 rings (SSSR count). The summed E-state index contributed by atoms with van der Waals surface area (Å²) >= 11 is 23.7. The van der Waals surface area contributed by atoms with Crippen LogP contribution >= 0.6 is 46.4 Å². The molecule has 0 spiro atoms. The Morgan fingerprint density at radius 2 is 1.77 bits per heavy atom. The molecule has 0 aliphatic rings. The number of nitrogens with zero attached hydrogens (tertiary/aromatic N) is 1. The molecule has 0 fully saturated rings. The van der Waals surface area contributed by atoms with E-state index in [9.17, 15) is 4.79 Å². The van der Waals surface area contributed by atoms with E-state index in [1.165, 1.54) is 0 Å². The van der Waals surface area contributed by atoms with Gasteiger partial charge in [0.15, 0.2) is 0 Å². The van der Waals surface area contributed by atoms with Crippen LogP contribution in [0.3, 0.4) is 0 Å². The van der Waals surface area contributed by atoms with Crippen molar-refractivity contribution in [3.63, 3.8) is 0 Å². The quantitative estimate of drug-likeness (QED) is 0.616. The summed E-state index contributed by atoms with van der Waals surface area (Å²) in [5.74, 6) is -0.0105. The fourth-order valence-corrected chi connectivity index (χ4v) is 2.20. The Hall–Kier alpha value is -1.20. The van der Waals surface area contributed by atoms with Crippen molar-refractivity contribution in [2.45, 2.75) is 9.96 Å². The summed E-state index contributed by atoms with van der Waals surface area (Å²) in [5.41, 5.74) is 0.284. The average Bonchev–Trinajstić information content (AvgIpc) is 2.47. The van der Waals surface area contributed by atoms with E-state index >= 15 is 0 Å². The Balaban J connectivity index is 2.17. The van der Waals surface area contributed by atoms with Crippen molar-refractivity contribution in [3.8, 4) is 0 Å². The number of carbonyl (C=O) groups excluding carboxylic acids is 1. The first-order chi connectivity index (χ1) is 10.4. The van der Waals surface area contributed by atoms with Gasteiger partial charge in [-0.2, -0.15) is 0 Å². The number of hydrogen-bond donors (Lipinski definition) is 2. The zero-order valence-electron chi connectivity index (χ0n) is 11.1. The van der Waals surface area contributed by atoms with Crippen molar-refractivity contribution in [1.82, 2.24) is 10.3 Å². The number of benzene rings is 1. The Kier molecular flexibility index (Phi) is 5.75. The van der Waals surface area contributed by atoms with Gasteiger partial charge in [-0.05, 0) is 24.3 Å². The topological polar surface area (TPSA) is 54.0 Å². The third-order valence-corrected chi connectivity index (χ3v) is 3.66. The minimum Gasteiger partial charge on any atom is -0.347 e. The number of aromatic nitrogens is 1. The molecule has 0 aliphatic heterocycles. The highest BCUT2D eigenvalue weighted by Crippen LogP contribution is 2.31. The highest BCUT2D eigenvalue weighted by molar-refractivity contribution is 6.68. The van der Waals surface area contributed by atoms with Crippen molar-refractivity contribution in [3.05, 3.63) is 59.2 Å². The number of carbonyl (C=O) groups is 1. The molecule has 1 heterocycles. The molecule has 8 heteroatoms. The van der Waals surface area contributed by atoms with Crippen LogP contribution < -0.4 is 10.6 Å². The second-order valence-corrected chi connectivity index (χ2v) is 7.06. The maximum Gasteiger partial charge on any atom is 0.254 e. The highest BCUT2D eigenvalue weighted by atomic mass is 35.6. The maximum atomic E-state index is 12.3. The lowest BCUT2D eigenvalue weighted by molar-refractivity contribution is 0.0942. The van der Waals surface area contributed by atoms with Crippen molar-refractivity contribution in [1.29, 1.82) is 0 Å². The van der Waals surface area contributed by atoms with E-state index in [-0.39, 0.29) is 5.56 Å². The first kappa shape index (κ1) is 17.2. The molecule has 116 valence electrons. The van der Waals surface area contributed by atoms with Crippen molar-refractivity contribution >= 4 is 58.1 Å². The Morgan fingerprint density at radius 1 is 1.09 bits per heavy atom. The lowest BCUT2D eigenvalue weighted by Gasteiger charge is -2.27. The number of anilines is 1. The predicted molar refractivity (Wildman–Crippen MR) is 90.9 cm³/mol. The van der Waals surface area contributed by atoms with Crippen LogP contribution in [-0.4, -0.2) is 20.8 Å². The second-order valence-electron chi connectivity index (χ2n) is 4.29. The third-order valence-electron chi connectivity index (χ3n) is 2.68. The minimum atomic E-state index is -1.78. The fourth-order valence-electron chi connectivity index (χ4n) is 1.65. The van der Waals surface area contributed by atoms with Gasteiger partial charge in [0.05, 0.1) is 10.6 Å². The van der Waals surface area contributed by atoms with Crippen LogP contribution in [0.1, 0.15) is 10.4 Å². The van der Waals surface area contributed by atoms with E-state index in [0.29, 0.717) is 10.8 Å². The molecule has 0 bridgehead atoms. The van der Waals surface area contributed by atoms with Gasteiger partial charge >= 0.3 is 0 Å². The molecule has 0 aliphatic carbocycles. The lowest BCUT2D eigenvalue weighted by atomic mass is 10.2. The average molecular weight is 379 g/mol. The van der Waals surface area contributed by atoms with E-state index < -0.39 is 15.9 Å². The number of nitrogens with one attached hydrogen (secondary N) is 2. The minimum absolute atomic E-state index is 0.284. The molecule has 2 aromatic rings. The van der Waals surface area contributed by atoms with E-state index in [2.05, 4.69) is 15.6 Å². The molecule has 1 aromatic heterocycles. The number of hydrogen-bond acceptors (Lipinski definition) is 3. The SMILES string of the molecule is O=C(N[C@H](Nc1ccccn1)C(Cl)(Cl)Cl)c1ccccc1Cl. The number of rotatable bonds is 4. The zero-order valence-corrected chi connectivity index (χ0v) is 14.1. The molecule has 1 atom stereocenters. The molecule has 1 aromatic carbocycles. The molecule has 1 amide bonds. The zero-order chi connectivity index (χ0) is 16.2. The molecule has 2 N–H and O–H groups in total. The Labute approximate surface area is 147 Å². The molecular formula is C14H11Cl4N3O. The van der Waals surface area contributed by atoms with Gasteiger partial charge in [0, 0.05) is 6.20 Å². The third kappa shape index (κ3) is 4.65. The van der Waals surface area contributed by atoms with E-state index in [1.54, 1.807) is 48.7 Å². The predicted octanol–water partition coefficient (Wildman–Crippen LogP) is 4.27. The van der Waals surface area contributed by atoms with Crippen LogP contribution in [0.25, 0.3) is 0 Å².